The Morgan fingerprint density at radius 2 is 0.549 bits per heavy atom. The highest BCUT2D eigenvalue weighted by Crippen LogP contribution is 2.16. The number of unbranched alkanes of at least 4 members (excludes halogenated alkanes) is 32. The monoisotopic (exact) mass is 991 g/mol. The Morgan fingerprint density at radius 1 is 0.296 bits per heavy atom. The molecule has 0 amide bonds. The molecule has 0 aromatic heterocycles. The zero-order valence-corrected chi connectivity index (χ0v) is 47.0. The van der Waals surface area contributed by atoms with Gasteiger partial charge in [0.05, 0.1) is 0 Å². The molecule has 0 aliphatic rings. The van der Waals surface area contributed by atoms with Crippen LogP contribution < -0.4 is 0 Å². The molecule has 6 heteroatoms. The predicted molar refractivity (Wildman–Crippen MR) is 307 cm³/mol. The Bertz CT molecular complexity index is 1320. The van der Waals surface area contributed by atoms with Gasteiger partial charge in [-0.2, -0.15) is 0 Å². The standard InChI is InChI=1S/C65H114O6/c1-4-7-10-13-16-19-22-24-25-26-27-28-29-30-31-32-33-34-35-36-37-38-39-41-43-46-49-52-55-58-64(67)70-61-62(60-69-63(66)57-54-51-48-45-42-21-18-15-12-9-6-3)71-65(68)59-56-53-50-47-44-40-23-20-17-14-11-8-5-2/h7,10,16,19-20,23-25,27-28,30-31,62H,4-6,8-9,11-15,17-18,21-22,26,29,32-61H2,1-3H3/b10-7-,19-16-,23-20-,25-24-,28-27-,31-30-. The molecule has 0 heterocycles. The van der Waals surface area contributed by atoms with Crippen molar-refractivity contribution in [2.75, 3.05) is 13.2 Å². The maximum absolute atomic E-state index is 12.8. The molecular formula is C65H114O6. The average molecular weight is 992 g/mol. The number of hydrogen-bond donors (Lipinski definition) is 0. The zero-order valence-electron chi connectivity index (χ0n) is 47.0. The fourth-order valence-corrected chi connectivity index (χ4v) is 8.64. The van der Waals surface area contributed by atoms with Gasteiger partial charge in [-0.3, -0.25) is 14.4 Å². The van der Waals surface area contributed by atoms with Crippen molar-refractivity contribution in [3.05, 3.63) is 72.9 Å². The number of carbonyl (C=O) groups excluding carboxylic acids is 3. The molecule has 0 saturated carbocycles. The smallest absolute Gasteiger partial charge is 0.306 e. The maximum atomic E-state index is 12.8. The highest BCUT2D eigenvalue weighted by molar-refractivity contribution is 5.71. The number of hydrogen-bond acceptors (Lipinski definition) is 6. The lowest BCUT2D eigenvalue weighted by Gasteiger charge is -2.18. The van der Waals surface area contributed by atoms with E-state index in [0.29, 0.717) is 19.3 Å². The molecule has 1 unspecified atom stereocenters. The molecule has 71 heavy (non-hydrogen) atoms. The summed E-state index contributed by atoms with van der Waals surface area (Å²) >= 11 is 0. The van der Waals surface area contributed by atoms with E-state index in [4.69, 9.17) is 14.2 Å². The molecule has 410 valence electrons. The van der Waals surface area contributed by atoms with Crippen LogP contribution in [-0.4, -0.2) is 37.2 Å². The Kier molecular flexibility index (Phi) is 56.8. The second-order valence-electron chi connectivity index (χ2n) is 20.2. The van der Waals surface area contributed by atoms with Gasteiger partial charge < -0.3 is 14.2 Å². The number of ether oxygens (including phenoxy) is 3. The Hall–Kier alpha value is -3.15. The third kappa shape index (κ3) is 57.6. The van der Waals surface area contributed by atoms with Gasteiger partial charge in [0, 0.05) is 19.3 Å². The molecule has 0 saturated heterocycles. The van der Waals surface area contributed by atoms with E-state index in [-0.39, 0.29) is 31.1 Å². The summed E-state index contributed by atoms with van der Waals surface area (Å²) in [5.41, 5.74) is 0. The van der Waals surface area contributed by atoms with Crippen LogP contribution in [0, 0.1) is 0 Å². The van der Waals surface area contributed by atoms with Gasteiger partial charge in [0.2, 0.25) is 0 Å². The van der Waals surface area contributed by atoms with Crippen LogP contribution in [0.25, 0.3) is 0 Å². The highest BCUT2D eigenvalue weighted by atomic mass is 16.6. The van der Waals surface area contributed by atoms with Crippen LogP contribution >= 0.6 is 0 Å². The van der Waals surface area contributed by atoms with Gasteiger partial charge in [0.15, 0.2) is 6.10 Å². The molecule has 0 aliphatic heterocycles. The van der Waals surface area contributed by atoms with Gasteiger partial charge in [-0.25, -0.2) is 0 Å². The van der Waals surface area contributed by atoms with Crippen LogP contribution in [0.1, 0.15) is 303 Å². The van der Waals surface area contributed by atoms with Crippen LogP contribution in [0.4, 0.5) is 0 Å². The summed E-state index contributed by atoms with van der Waals surface area (Å²) in [5.74, 6) is -0.875. The number of rotatable bonds is 55. The van der Waals surface area contributed by atoms with Crippen LogP contribution in [0.5, 0.6) is 0 Å². The molecule has 0 aromatic carbocycles. The largest absolute Gasteiger partial charge is 0.462 e. The fraction of sp³-hybridized carbons (Fsp3) is 0.769. The Morgan fingerprint density at radius 3 is 0.887 bits per heavy atom. The minimum atomic E-state index is -0.776. The number of esters is 3. The predicted octanol–water partition coefficient (Wildman–Crippen LogP) is 20.5. The molecule has 1 atom stereocenters. The van der Waals surface area contributed by atoms with Crippen LogP contribution in [0.3, 0.4) is 0 Å². The summed E-state index contributed by atoms with van der Waals surface area (Å²) in [7, 11) is 0. The first-order valence-electron chi connectivity index (χ1n) is 30.4. The lowest BCUT2D eigenvalue weighted by Crippen LogP contribution is -2.30. The summed E-state index contributed by atoms with van der Waals surface area (Å²) in [6.07, 6.45) is 76.2. The summed E-state index contributed by atoms with van der Waals surface area (Å²) in [4.78, 5) is 38.1. The second-order valence-corrected chi connectivity index (χ2v) is 20.2. The molecular weight excluding hydrogens is 877 g/mol. The Balaban J connectivity index is 4.17. The van der Waals surface area contributed by atoms with Gasteiger partial charge in [-0.05, 0) is 89.9 Å². The third-order valence-electron chi connectivity index (χ3n) is 13.2. The quantitative estimate of drug-likeness (QED) is 0.0261. The van der Waals surface area contributed by atoms with Crippen molar-refractivity contribution in [1.82, 2.24) is 0 Å². The van der Waals surface area contributed by atoms with Gasteiger partial charge in [-0.15, -0.1) is 0 Å². The summed E-state index contributed by atoms with van der Waals surface area (Å²) in [6.45, 7) is 6.52. The van der Waals surface area contributed by atoms with Crippen molar-refractivity contribution in [3.8, 4) is 0 Å². The van der Waals surface area contributed by atoms with Gasteiger partial charge in [0.1, 0.15) is 13.2 Å². The van der Waals surface area contributed by atoms with E-state index in [0.717, 1.165) is 103 Å². The first kappa shape index (κ1) is 67.8. The fourth-order valence-electron chi connectivity index (χ4n) is 8.64. The summed E-state index contributed by atoms with van der Waals surface area (Å²) < 4.78 is 16.9. The zero-order chi connectivity index (χ0) is 51.4. The minimum Gasteiger partial charge on any atom is -0.462 e. The topological polar surface area (TPSA) is 78.9 Å². The van der Waals surface area contributed by atoms with Crippen molar-refractivity contribution in [3.63, 3.8) is 0 Å². The lowest BCUT2D eigenvalue weighted by molar-refractivity contribution is -0.167. The van der Waals surface area contributed by atoms with E-state index < -0.39 is 6.10 Å². The van der Waals surface area contributed by atoms with E-state index in [1.165, 1.54) is 161 Å². The van der Waals surface area contributed by atoms with Crippen molar-refractivity contribution in [2.24, 2.45) is 0 Å². The molecule has 0 bridgehead atoms. The van der Waals surface area contributed by atoms with E-state index in [9.17, 15) is 14.4 Å². The molecule has 0 fully saturated rings. The lowest BCUT2D eigenvalue weighted by atomic mass is 10.0. The Labute approximate surface area is 440 Å². The van der Waals surface area contributed by atoms with E-state index in [1.807, 2.05) is 0 Å². The van der Waals surface area contributed by atoms with Crippen LogP contribution in [-0.2, 0) is 28.6 Å². The molecule has 0 N–H and O–H groups in total. The number of carbonyl (C=O) groups is 3. The van der Waals surface area contributed by atoms with Crippen LogP contribution in [0.2, 0.25) is 0 Å². The van der Waals surface area contributed by atoms with E-state index in [2.05, 4.69) is 93.7 Å². The minimum absolute atomic E-state index is 0.0750. The van der Waals surface area contributed by atoms with Gasteiger partial charge in [0.25, 0.3) is 0 Å². The van der Waals surface area contributed by atoms with E-state index >= 15 is 0 Å². The molecule has 6 nitrogen and oxygen atoms in total. The SMILES string of the molecule is CC/C=C\C/C=C\C/C=C\C/C=C\C/C=C\CCCCCCCCCCCCCCCC(=O)OCC(COC(=O)CCCCCCCCCCCCC)OC(=O)CCCCCCC/C=C\CCCCCC. The summed E-state index contributed by atoms with van der Waals surface area (Å²) in [5, 5.41) is 0. The first-order valence-corrected chi connectivity index (χ1v) is 30.4. The second kappa shape index (κ2) is 59.4. The molecule has 0 aliphatic carbocycles. The average Bonchev–Trinajstić information content (AvgIpc) is 3.37. The highest BCUT2D eigenvalue weighted by Gasteiger charge is 2.19. The molecule has 0 spiro atoms. The number of allylic oxidation sites excluding steroid dienone is 12. The first-order chi connectivity index (χ1) is 35.0. The maximum Gasteiger partial charge on any atom is 0.306 e. The van der Waals surface area contributed by atoms with E-state index in [1.54, 1.807) is 0 Å². The van der Waals surface area contributed by atoms with Crippen molar-refractivity contribution >= 4 is 17.9 Å². The normalized spacial score (nSPS) is 12.5. The molecule has 0 aromatic rings. The van der Waals surface area contributed by atoms with Crippen molar-refractivity contribution in [2.45, 2.75) is 309 Å². The molecule has 0 rings (SSSR count). The molecule has 0 radical (unpaired) electrons. The van der Waals surface area contributed by atoms with Crippen molar-refractivity contribution in [1.29, 1.82) is 0 Å². The summed E-state index contributed by atoms with van der Waals surface area (Å²) in [6, 6.07) is 0. The van der Waals surface area contributed by atoms with Gasteiger partial charge >= 0.3 is 17.9 Å². The van der Waals surface area contributed by atoms with Crippen LogP contribution in [0.15, 0.2) is 72.9 Å². The third-order valence-corrected chi connectivity index (χ3v) is 13.2. The van der Waals surface area contributed by atoms with Gasteiger partial charge in [-0.1, -0.05) is 267 Å². The van der Waals surface area contributed by atoms with Crippen molar-refractivity contribution < 1.29 is 28.6 Å².